The van der Waals surface area contributed by atoms with E-state index in [-0.39, 0.29) is 37.2 Å². The van der Waals surface area contributed by atoms with Crippen molar-refractivity contribution >= 4 is 41.5 Å². The summed E-state index contributed by atoms with van der Waals surface area (Å²) in [6.07, 6.45) is 0.805. The molecule has 7 atom stereocenters. The van der Waals surface area contributed by atoms with Gasteiger partial charge in [0, 0.05) is 19.6 Å². The highest BCUT2D eigenvalue weighted by Gasteiger charge is 2.43. The van der Waals surface area contributed by atoms with Gasteiger partial charge in [0.15, 0.2) is 5.96 Å². The zero-order valence-electron chi connectivity index (χ0n) is 26.4. The summed E-state index contributed by atoms with van der Waals surface area (Å²) in [7, 11) is 0. The largest absolute Gasteiger partial charge is 0.480 e. The van der Waals surface area contributed by atoms with Gasteiger partial charge in [-0.05, 0) is 58.3 Å². The molecule has 0 radical (unpaired) electrons. The van der Waals surface area contributed by atoms with Gasteiger partial charge in [0.05, 0.1) is 12.1 Å². The highest BCUT2D eigenvalue weighted by atomic mass is 16.4. The minimum absolute atomic E-state index is 0.0339. The molecule has 5 amide bonds. The minimum Gasteiger partial charge on any atom is -0.480 e. The molecule has 2 aliphatic rings. The van der Waals surface area contributed by atoms with E-state index in [4.69, 9.17) is 17.2 Å². The number of carboxylic acids is 1. The van der Waals surface area contributed by atoms with E-state index in [9.17, 15) is 39.0 Å². The van der Waals surface area contributed by atoms with Gasteiger partial charge in [-0.3, -0.25) is 29.0 Å². The molecule has 2 saturated heterocycles. The van der Waals surface area contributed by atoms with Crippen LogP contribution >= 0.6 is 0 Å². The topological polar surface area (TPSA) is 276 Å². The van der Waals surface area contributed by atoms with Gasteiger partial charge in [0.2, 0.25) is 29.5 Å². The number of aliphatic imine (C=N–C) groups is 1. The number of guanidine groups is 1. The van der Waals surface area contributed by atoms with E-state index in [0.717, 1.165) is 0 Å². The van der Waals surface area contributed by atoms with Crippen LogP contribution in [-0.2, 0) is 28.8 Å². The van der Waals surface area contributed by atoms with Crippen LogP contribution in [0.25, 0.3) is 0 Å². The number of likely N-dealkylation sites (tertiary alicyclic amines) is 2. The second-order valence-corrected chi connectivity index (χ2v) is 12.0. The van der Waals surface area contributed by atoms with E-state index < -0.39 is 72.0 Å². The Morgan fingerprint density at radius 2 is 1.44 bits per heavy atom. The van der Waals surface area contributed by atoms with Crippen molar-refractivity contribution < 1.29 is 39.0 Å². The Kier molecular flexibility index (Phi) is 14.0. The van der Waals surface area contributed by atoms with Crippen molar-refractivity contribution in [3.8, 4) is 0 Å². The van der Waals surface area contributed by atoms with E-state index in [1.165, 1.54) is 16.7 Å². The van der Waals surface area contributed by atoms with Crippen molar-refractivity contribution in [1.82, 2.24) is 25.8 Å². The molecule has 0 bridgehead atoms. The summed E-state index contributed by atoms with van der Waals surface area (Å²) in [5, 5.41) is 27.2. The second-order valence-electron chi connectivity index (χ2n) is 12.0. The standard InChI is InChI=1S/C28H49N9O8/c1-14(2)20(27(44)45)34-24(41)21(16(4)38)35-22(39)17(8-5-11-32-28(30)31)33-23(40)18-9-6-12-36(18)26(43)19-10-7-13-37(19)25(42)15(3)29/h14-21,38H,5-13,29H2,1-4H3,(H,33,40)(H,34,41)(H,35,39)(H,44,45)(H4,30,31,32)/t15-,16+,17-,18-,19-,20-,21-/m0/s1. The molecule has 0 aromatic heterocycles. The molecule has 2 heterocycles. The Labute approximate surface area is 262 Å². The molecule has 0 aromatic rings. The van der Waals surface area contributed by atoms with Gasteiger partial charge in [0.25, 0.3) is 0 Å². The molecule has 254 valence electrons. The van der Waals surface area contributed by atoms with Gasteiger partial charge in [-0.1, -0.05) is 13.8 Å². The maximum absolute atomic E-state index is 13.6. The average molecular weight is 640 g/mol. The number of nitrogens with two attached hydrogens (primary N) is 3. The van der Waals surface area contributed by atoms with Crippen LogP contribution in [0.3, 0.4) is 0 Å². The fraction of sp³-hybridized carbons (Fsp3) is 0.750. The first kappa shape index (κ1) is 37.2. The predicted octanol–water partition coefficient (Wildman–Crippen LogP) is -3.06. The fourth-order valence-electron chi connectivity index (χ4n) is 5.50. The summed E-state index contributed by atoms with van der Waals surface area (Å²) in [4.78, 5) is 84.4. The van der Waals surface area contributed by atoms with Crippen LogP contribution in [0.2, 0.25) is 0 Å². The van der Waals surface area contributed by atoms with E-state index in [2.05, 4.69) is 20.9 Å². The Bertz CT molecular complexity index is 1130. The maximum atomic E-state index is 13.6. The number of rotatable bonds is 15. The molecule has 0 aromatic carbocycles. The van der Waals surface area contributed by atoms with E-state index in [0.29, 0.717) is 38.8 Å². The molecular formula is C28H49N9O8. The fourth-order valence-corrected chi connectivity index (χ4v) is 5.50. The van der Waals surface area contributed by atoms with Gasteiger partial charge < -0.3 is 53.2 Å². The number of amides is 5. The van der Waals surface area contributed by atoms with Crippen LogP contribution in [0.15, 0.2) is 4.99 Å². The molecule has 11 N–H and O–H groups in total. The molecule has 2 rings (SSSR count). The number of nitrogens with zero attached hydrogens (tertiary/aromatic N) is 3. The third-order valence-electron chi connectivity index (χ3n) is 7.92. The summed E-state index contributed by atoms with van der Waals surface area (Å²) in [6.45, 7) is 6.81. The second kappa shape index (κ2) is 16.9. The molecule has 0 spiro atoms. The zero-order valence-corrected chi connectivity index (χ0v) is 26.4. The number of carboxylic acid groups (broad SMARTS) is 1. The van der Waals surface area contributed by atoms with E-state index in [1.807, 2.05) is 0 Å². The number of aliphatic hydroxyl groups is 1. The first-order valence-corrected chi connectivity index (χ1v) is 15.3. The van der Waals surface area contributed by atoms with Gasteiger partial charge >= 0.3 is 5.97 Å². The summed E-state index contributed by atoms with van der Waals surface area (Å²) in [6, 6.07) is -6.44. The van der Waals surface area contributed by atoms with Crippen LogP contribution in [0.1, 0.15) is 66.2 Å². The number of hydrogen-bond acceptors (Lipinski definition) is 9. The lowest BCUT2D eigenvalue weighted by atomic mass is 10.0. The summed E-state index contributed by atoms with van der Waals surface area (Å²) < 4.78 is 0. The maximum Gasteiger partial charge on any atom is 0.326 e. The van der Waals surface area contributed by atoms with Crippen molar-refractivity contribution in [2.24, 2.45) is 28.1 Å². The lowest BCUT2D eigenvalue weighted by Crippen LogP contribution is -2.60. The minimum atomic E-state index is -1.53. The number of aliphatic hydroxyl groups excluding tert-OH is 1. The number of carbonyl (C=O) groups is 6. The van der Waals surface area contributed by atoms with Crippen LogP contribution in [0.4, 0.5) is 0 Å². The van der Waals surface area contributed by atoms with Crippen LogP contribution in [0, 0.1) is 5.92 Å². The summed E-state index contributed by atoms with van der Waals surface area (Å²) in [5.41, 5.74) is 16.5. The van der Waals surface area contributed by atoms with E-state index >= 15 is 0 Å². The number of carbonyl (C=O) groups excluding carboxylic acids is 5. The summed E-state index contributed by atoms with van der Waals surface area (Å²) in [5.74, 6) is -4.96. The smallest absolute Gasteiger partial charge is 0.326 e. The van der Waals surface area contributed by atoms with Gasteiger partial charge in [-0.25, -0.2) is 4.79 Å². The molecule has 45 heavy (non-hydrogen) atoms. The van der Waals surface area contributed by atoms with Crippen molar-refractivity contribution in [2.45, 2.75) is 109 Å². The Morgan fingerprint density at radius 1 is 0.867 bits per heavy atom. The monoisotopic (exact) mass is 639 g/mol. The van der Waals surface area contributed by atoms with Crippen LogP contribution < -0.4 is 33.2 Å². The lowest BCUT2D eigenvalue weighted by Gasteiger charge is -2.32. The molecule has 0 saturated carbocycles. The van der Waals surface area contributed by atoms with Gasteiger partial charge in [-0.2, -0.15) is 0 Å². The molecular weight excluding hydrogens is 590 g/mol. The average Bonchev–Trinajstić information content (AvgIpc) is 3.65. The molecule has 17 heteroatoms. The van der Waals surface area contributed by atoms with Crippen molar-refractivity contribution in [1.29, 1.82) is 0 Å². The molecule has 2 aliphatic heterocycles. The molecule has 0 aliphatic carbocycles. The lowest BCUT2D eigenvalue weighted by molar-refractivity contribution is -0.147. The third-order valence-corrected chi connectivity index (χ3v) is 7.92. The Hall–Kier alpha value is -3.99. The molecule has 17 nitrogen and oxygen atoms in total. The quantitative estimate of drug-likeness (QED) is 0.0506. The normalized spacial score (nSPS) is 21.3. The highest BCUT2D eigenvalue weighted by Crippen LogP contribution is 2.25. The highest BCUT2D eigenvalue weighted by molar-refractivity contribution is 5.97. The summed E-state index contributed by atoms with van der Waals surface area (Å²) >= 11 is 0. The van der Waals surface area contributed by atoms with Crippen molar-refractivity contribution in [3.63, 3.8) is 0 Å². The Balaban J connectivity index is 2.22. The Morgan fingerprint density at radius 3 is 1.98 bits per heavy atom. The molecule has 2 fully saturated rings. The number of nitrogens with one attached hydrogen (secondary N) is 3. The van der Waals surface area contributed by atoms with Crippen molar-refractivity contribution in [3.05, 3.63) is 0 Å². The SMILES string of the molecule is CC(C)[C@H](NC(=O)[C@@H](NC(=O)[C@H](CCCN=C(N)N)NC(=O)[C@@H]1CCCN1C(=O)[C@@H]1CCCN1C(=O)[C@H](C)N)[C@@H](C)O)C(=O)O. The van der Waals surface area contributed by atoms with Crippen LogP contribution in [-0.4, -0.2) is 123 Å². The molecule has 0 unspecified atom stereocenters. The van der Waals surface area contributed by atoms with E-state index in [1.54, 1.807) is 20.8 Å². The zero-order chi connectivity index (χ0) is 34.0. The van der Waals surface area contributed by atoms with Crippen LogP contribution in [0.5, 0.6) is 0 Å². The third kappa shape index (κ3) is 10.3. The van der Waals surface area contributed by atoms with Gasteiger partial charge in [0.1, 0.15) is 30.2 Å². The predicted molar refractivity (Wildman–Crippen MR) is 163 cm³/mol. The first-order chi connectivity index (χ1) is 21.1. The number of aliphatic carboxylic acids is 1. The van der Waals surface area contributed by atoms with Crippen molar-refractivity contribution in [2.75, 3.05) is 19.6 Å². The first-order valence-electron chi connectivity index (χ1n) is 15.3. The number of hydrogen-bond donors (Lipinski definition) is 8. The van der Waals surface area contributed by atoms with Gasteiger partial charge in [-0.15, -0.1) is 0 Å².